The van der Waals surface area contributed by atoms with E-state index in [1.165, 1.54) is 0 Å². The van der Waals surface area contributed by atoms with Gasteiger partial charge < -0.3 is 5.11 Å². The predicted octanol–water partition coefficient (Wildman–Crippen LogP) is 2.47. The first-order valence-corrected chi connectivity index (χ1v) is 12.6. The van der Waals surface area contributed by atoms with Crippen molar-refractivity contribution in [3.63, 3.8) is 0 Å². The minimum atomic E-state index is -3.98. The Labute approximate surface area is 201 Å². The Balaban J connectivity index is 1.64. The van der Waals surface area contributed by atoms with Crippen molar-refractivity contribution in [3.8, 4) is 11.1 Å². The lowest BCUT2D eigenvalue weighted by Crippen LogP contribution is -2.46. The summed E-state index contributed by atoms with van der Waals surface area (Å²) in [5, 5.41) is 18.1. The molecular weight excluding hydrogens is 470 g/mol. The van der Waals surface area contributed by atoms with Gasteiger partial charge in [-0.3, -0.25) is 14.1 Å². The van der Waals surface area contributed by atoms with E-state index in [0.717, 1.165) is 32.1 Å². The van der Waals surface area contributed by atoms with E-state index in [9.17, 15) is 23.1 Å². The summed E-state index contributed by atoms with van der Waals surface area (Å²) in [4.78, 5) is 29.1. The van der Waals surface area contributed by atoms with Gasteiger partial charge in [0.1, 0.15) is 11.6 Å². The number of anilines is 1. The van der Waals surface area contributed by atoms with Gasteiger partial charge in [0.05, 0.1) is 17.3 Å². The fraction of sp³-hybridized carbons (Fsp3) is 0.208. The first-order valence-electron chi connectivity index (χ1n) is 10.7. The number of fused-ring (bicyclic) bond motifs is 1. The molecule has 4 rings (SSSR count). The third-order valence-corrected chi connectivity index (χ3v) is 6.72. The molecule has 4 aromatic rings. The minimum absolute atomic E-state index is 0.132. The molecule has 1 N–H and O–H groups in total. The molecule has 0 spiro atoms. The number of nitrogens with zero attached hydrogens (tertiary/aromatic N) is 5. The molecule has 0 radical (unpaired) electrons. The highest BCUT2D eigenvalue weighted by Gasteiger charge is 2.32. The molecule has 0 aliphatic carbocycles. The van der Waals surface area contributed by atoms with Gasteiger partial charge in [-0.2, -0.15) is 0 Å². The normalized spacial score (nSPS) is 12.4. The van der Waals surface area contributed by atoms with Gasteiger partial charge in [-0.15, -0.1) is 5.10 Å². The van der Waals surface area contributed by atoms with Crippen molar-refractivity contribution in [3.05, 3.63) is 82.9 Å². The molecule has 1 unspecified atom stereocenters. The van der Waals surface area contributed by atoms with E-state index < -0.39 is 27.6 Å². The summed E-state index contributed by atoms with van der Waals surface area (Å²) in [6.45, 7) is 1.74. The molecule has 2 aromatic carbocycles. The SMILES string of the molecule is Cc1ccc(-c2ccc(N(C(CCn3nnc4ccccc4c3=O)C(=O)O)S(C)(=O)=O)cc2)cn1. The van der Waals surface area contributed by atoms with E-state index >= 15 is 0 Å². The molecule has 2 heterocycles. The van der Waals surface area contributed by atoms with Crippen LogP contribution in [0.2, 0.25) is 0 Å². The molecule has 1 atom stereocenters. The Hall–Kier alpha value is -4.12. The van der Waals surface area contributed by atoms with Crippen molar-refractivity contribution < 1.29 is 18.3 Å². The summed E-state index contributed by atoms with van der Waals surface area (Å²) in [7, 11) is -3.98. The molecule has 0 bridgehead atoms. The van der Waals surface area contributed by atoms with Gasteiger partial charge >= 0.3 is 5.97 Å². The van der Waals surface area contributed by atoms with E-state index in [1.807, 2.05) is 19.1 Å². The summed E-state index contributed by atoms with van der Waals surface area (Å²) >= 11 is 0. The van der Waals surface area contributed by atoms with Crippen molar-refractivity contribution in [2.45, 2.75) is 25.9 Å². The molecule has 10 nitrogen and oxygen atoms in total. The van der Waals surface area contributed by atoms with Gasteiger partial charge in [-0.25, -0.2) is 17.9 Å². The van der Waals surface area contributed by atoms with E-state index in [1.54, 1.807) is 54.7 Å². The van der Waals surface area contributed by atoms with Crippen LogP contribution >= 0.6 is 0 Å². The van der Waals surface area contributed by atoms with Crippen molar-refractivity contribution in [2.24, 2.45) is 0 Å². The highest BCUT2D eigenvalue weighted by atomic mass is 32.2. The summed E-state index contributed by atoms with van der Waals surface area (Å²) in [5.74, 6) is -1.34. The van der Waals surface area contributed by atoms with Crippen LogP contribution in [-0.4, -0.2) is 51.8 Å². The largest absolute Gasteiger partial charge is 0.480 e. The quantitative estimate of drug-likeness (QED) is 0.395. The molecule has 35 heavy (non-hydrogen) atoms. The molecule has 0 aliphatic heterocycles. The number of hydrogen-bond donors (Lipinski definition) is 1. The van der Waals surface area contributed by atoms with Crippen LogP contribution in [0, 0.1) is 6.92 Å². The third-order valence-electron chi connectivity index (χ3n) is 5.54. The lowest BCUT2D eigenvalue weighted by molar-refractivity contribution is -0.138. The number of carboxylic acid groups (broad SMARTS) is 1. The predicted molar refractivity (Wildman–Crippen MR) is 132 cm³/mol. The van der Waals surface area contributed by atoms with Crippen LogP contribution in [0.15, 0.2) is 71.7 Å². The summed E-state index contributed by atoms with van der Waals surface area (Å²) in [6, 6.07) is 15.5. The second kappa shape index (κ2) is 9.63. The van der Waals surface area contributed by atoms with Gasteiger partial charge in [0.15, 0.2) is 0 Å². The van der Waals surface area contributed by atoms with Crippen molar-refractivity contribution >= 4 is 32.6 Å². The zero-order valence-electron chi connectivity index (χ0n) is 19.1. The topological polar surface area (TPSA) is 135 Å². The number of aliphatic carboxylic acids is 1. The summed E-state index contributed by atoms with van der Waals surface area (Å²) in [5.41, 5.74) is 2.71. The van der Waals surface area contributed by atoms with E-state index in [2.05, 4.69) is 15.3 Å². The monoisotopic (exact) mass is 493 g/mol. The van der Waals surface area contributed by atoms with Crippen LogP contribution in [0.25, 0.3) is 22.0 Å². The number of carboxylic acids is 1. The number of rotatable bonds is 8. The third kappa shape index (κ3) is 5.19. The average molecular weight is 494 g/mol. The Morgan fingerprint density at radius 3 is 2.37 bits per heavy atom. The van der Waals surface area contributed by atoms with Crippen LogP contribution in [0.5, 0.6) is 0 Å². The van der Waals surface area contributed by atoms with Crippen molar-refractivity contribution in [2.75, 3.05) is 10.6 Å². The van der Waals surface area contributed by atoms with Crippen LogP contribution in [0.4, 0.5) is 5.69 Å². The molecule has 180 valence electrons. The zero-order valence-corrected chi connectivity index (χ0v) is 19.9. The van der Waals surface area contributed by atoms with Gasteiger partial charge in [0.2, 0.25) is 10.0 Å². The van der Waals surface area contributed by atoms with Crippen molar-refractivity contribution in [1.82, 2.24) is 20.0 Å². The smallest absolute Gasteiger partial charge is 0.327 e. The Morgan fingerprint density at radius 2 is 1.74 bits per heavy atom. The second-order valence-corrected chi connectivity index (χ2v) is 9.93. The maximum absolute atomic E-state index is 12.7. The molecular formula is C24H23N5O5S. The van der Waals surface area contributed by atoms with Gasteiger partial charge in [-0.05, 0) is 49.2 Å². The number of sulfonamides is 1. The fourth-order valence-corrected chi connectivity index (χ4v) is 4.96. The number of benzene rings is 2. The van der Waals surface area contributed by atoms with Gasteiger partial charge in [0, 0.05) is 24.0 Å². The standard InChI is InChI=1S/C24H23N5O5S/c1-16-7-8-18(15-25-16)17-9-11-19(12-10-17)29(35(2,33)34)22(24(31)32)13-14-28-23(30)20-5-3-4-6-21(20)26-27-28/h3-12,15,22H,13-14H2,1-2H3,(H,31,32). The highest BCUT2D eigenvalue weighted by Crippen LogP contribution is 2.27. The first kappa shape index (κ1) is 24.0. The van der Waals surface area contributed by atoms with Crippen LogP contribution in [0.1, 0.15) is 12.1 Å². The Kier molecular flexibility index (Phi) is 6.61. The summed E-state index contributed by atoms with van der Waals surface area (Å²) < 4.78 is 27.3. The highest BCUT2D eigenvalue weighted by molar-refractivity contribution is 7.92. The molecule has 0 amide bonds. The van der Waals surface area contributed by atoms with Crippen LogP contribution in [0.3, 0.4) is 0 Å². The Bertz CT molecular complexity index is 1530. The number of carbonyl (C=O) groups is 1. The minimum Gasteiger partial charge on any atom is -0.480 e. The lowest BCUT2D eigenvalue weighted by Gasteiger charge is -2.29. The fourth-order valence-electron chi connectivity index (χ4n) is 3.80. The second-order valence-electron chi connectivity index (χ2n) is 8.07. The lowest BCUT2D eigenvalue weighted by atomic mass is 10.1. The van der Waals surface area contributed by atoms with E-state index in [4.69, 9.17) is 0 Å². The van der Waals surface area contributed by atoms with Crippen LogP contribution in [-0.2, 0) is 21.4 Å². The number of hydrogen-bond acceptors (Lipinski definition) is 7. The molecule has 2 aromatic heterocycles. The van der Waals surface area contributed by atoms with Gasteiger partial charge in [-0.1, -0.05) is 35.5 Å². The Morgan fingerprint density at radius 1 is 1.06 bits per heavy atom. The van der Waals surface area contributed by atoms with E-state index in [-0.39, 0.29) is 18.7 Å². The molecule has 0 aliphatic rings. The molecule has 0 fully saturated rings. The number of aryl methyl sites for hydroxylation is 2. The molecule has 0 saturated heterocycles. The van der Waals surface area contributed by atoms with E-state index in [0.29, 0.717) is 10.9 Å². The number of pyridine rings is 1. The zero-order chi connectivity index (χ0) is 25.2. The van der Waals surface area contributed by atoms with Gasteiger partial charge in [0.25, 0.3) is 5.56 Å². The average Bonchev–Trinajstić information content (AvgIpc) is 2.83. The first-order chi connectivity index (χ1) is 16.6. The van der Waals surface area contributed by atoms with Crippen molar-refractivity contribution in [1.29, 1.82) is 0 Å². The number of aromatic nitrogens is 4. The molecule has 0 saturated carbocycles. The van der Waals surface area contributed by atoms with Crippen LogP contribution < -0.4 is 9.86 Å². The summed E-state index contributed by atoms with van der Waals surface area (Å²) in [6.07, 6.45) is 2.46. The maximum Gasteiger partial charge on any atom is 0.327 e. The maximum atomic E-state index is 12.7. The molecule has 11 heteroatoms.